The zero-order valence-electron chi connectivity index (χ0n) is 7.10. The van der Waals surface area contributed by atoms with Crippen molar-refractivity contribution in [3.8, 4) is 0 Å². The van der Waals surface area contributed by atoms with Crippen LogP contribution in [-0.2, 0) is 9.47 Å². The fourth-order valence-electron chi connectivity index (χ4n) is 1.32. The van der Waals surface area contributed by atoms with Gasteiger partial charge in [0.1, 0.15) is 17.8 Å². The van der Waals surface area contributed by atoms with E-state index in [0.717, 1.165) is 0 Å². The van der Waals surface area contributed by atoms with Crippen LogP contribution in [0.25, 0.3) is 0 Å². The summed E-state index contributed by atoms with van der Waals surface area (Å²) in [5, 5.41) is 27.7. The third kappa shape index (κ3) is 1.34. The fraction of sp³-hybridized carbons (Fsp3) is 1.00. The van der Waals surface area contributed by atoms with Gasteiger partial charge in [-0.15, -0.1) is 0 Å². The van der Waals surface area contributed by atoms with Crippen LogP contribution >= 0.6 is 0 Å². The highest BCUT2D eigenvalue weighted by Gasteiger charge is 2.52. The van der Waals surface area contributed by atoms with Crippen LogP contribution in [0.3, 0.4) is 0 Å². The number of ether oxygens (including phenoxy) is 2. The van der Waals surface area contributed by atoms with E-state index in [0.29, 0.717) is 0 Å². The first kappa shape index (κ1) is 9.88. The standard InChI is InChI=1S/C7H14O5/c1-7(10)5(9)4(3-8)12-6(7)11-2/h4-6,8-10H,3H2,1-2H3/t4-,5+,6-,7-/m1/s1. The number of aliphatic hydroxyl groups excluding tert-OH is 2. The molecule has 0 amide bonds. The van der Waals surface area contributed by atoms with Crippen LogP contribution in [0.2, 0.25) is 0 Å². The van der Waals surface area contributed by atoms with E-state index in [1.165, 1.54) is 14.0 Å². The molecule has 0 unspecified atom stereocenters. The first-order valence-corrected chi connectivity index (χ1v) is 3.73. The Morgan fingerprint density at radius 2 is 2.17 bits per heavy atom. The molecule has 5 nitrogen and oxygen atoms in total. The van der Waals surface area contributed by atoms with Crippen molar-refractivity contribution in [1.82, 2.24) is 0 Å². The van der Waals surface area contributed by atoms with Gasteiger partial charge in [0.2, 0.25) is 0 Å². The normalized spacial score (nSPS) is 48.2. The van der Waals surface area contributed by atoms with Crippen molar-refractivity contribution in [3.63, 3.8) is 0 Å². The third-order valence-electron chi connectivity index (χ3n) is 2.12. The smallest absolute Gasteiger partial charge is 0.188 e. The predicted octanol–water partition coefficient (Wildman–Crippen LogP) is -1.54. The van der Waals surface area contributed by atoms with Crippen LogP contribution in [0.4, 0.5) is 0 Å². The summed E-state index contributed by atoms with van der Waals surface area (Å²) in [5.74, 6) is 0. The third-order valence-corrected chi connectivity index (χ3v) is 2.12. The van der Waals surface area contributed by atoms with Gasteiger partial charge in [-0.25, -0.2) is 0 Å². The Hall–Kier alpha value is -0.200. The molecule has 0 saturated carbocycles. The number of aliphatic hydroxyl groups is 3. The maximum absolute atomic E-state index is 9.61. The summed E-state index contributed by atoms with van der Waals surface area (Å²) in [4.78, 5) is 0. The van der Waals surface area contributed by atoms with Gasteiger partial charge in [-0.3, -0.25) is 0 Å². The van der Waals surface area contributed by atoms with E-state index in [1.54, 1.807) is 0 Å². The lowest BCUT2D eigenvalue weighted by Gasteiger charge is -2.24. The van der Waals surface area contributed by atoms with E-state index >= 15 is 0 Å². The maximum atomic E-state index is 9.61. The second-order valence-corrected chi connectivity index (χ2v) is 3.10. The molecule has 72 valence electrons. The first-order chi connectivity index (χ1) is 5.54. The van der Waals surface area contributed by atoms with Gasteiger partial charge in [-0.05, 0) is 6.92 Å². The molecule has 1 fully saturated rings. The summed E-state index contributed by atoms with van der Waals surface area (Å²) in [6.45, 7) is 1.07. The molecule has 1 heterocycles. The van der Waals surface area contributed by atoms with Crippen LogP contribution in [0.1, 0.15) is 6.92 Å². The van der Waals surface area contributed by atoms with Crippen molar-refractivity contribution in [3.05, 3.63) is 0 Å². The van der Waals surface area contributed by atoms with E-state index in [1.807, 2.05) is 0 Å². The Balaban J connectivity index is 2.73. The summed E-state index contributed by atoms with van der Waals surface area (Å²) >= 11 is 0. The number of rotatable bonds is 2. The van der Waals surface area contributed by atoms with E-state index in [-0.39, 0.29) is 6.61 Å². The van der Waals surface area contributed by atoms with Gasteiger partial charge >= 0.3 is 0 Å². The van der Waals surface area contributed by atoms with Crippen LogP contribution < -0.4 is 0 Å². The molecule has 5 heteroatoms. The molecule has 1 saturated heterocycles. The summed E-state index contributed by atoms with van der Waals surface area (Å²) in [7, 11) is 1.37. The van der Waals surface area contributed by atoms with Gasteiger partial charge in [0.25, 0.3) is 0 Å². The highest BCUT2D eigenvalue weighted by Crippen LogP contribution is 2.30. The molecule has 0 radical (unpaired) electrons. The van der Waals surface area contributed by atoms with Crippen molar-refractivity contribution in [1.29, 1.82) is 0 Å². The minimum atomic E-state index is -1.46. The van der Waals surface area contributed by atoms with Gasteiger partial charge in [0, 0.05) is 7.11 Å². The quantitative estimate of drug-likeness (QED) is 0.477. The second-order valence-electron chi connectivity index (χ2n) is 3.10. The van der Waals surface area contributed by atoms with Crippen LogP contribution in [-0.4, -0.2) is 53.1 Å². The molecule has 4 atom stereocenters. The number of methoxy groups -OCH3 is 1. The monoisotopic (exact) mass is 178 g/mol. The van der Waals surface area contributed by atoms with Crippen LogP contribution in [0.5, 0.6) is 0 Å². The maximum Gasteiger partial charge on any atom is 0.188 e. The van der Waals surface area contributed by atoms with Crippen LogP contribution in [0.15, 0.2) is 0 Å². The number of hydrogen-bond acceptors (Lipinski definition) is 5. The molecule has 3 N–H and O–H groups in total. The Labute approximate surface area is 70.5 Å². The molecule has 1 aliphatic heterocycles. The molecule has 12 heavy (non-hydrogen) atoms. The molecule has 0 aromatic heterocycles. The van der Waals surface area contributed by atoms with E-state index < -0.39 is 24.1 Å². The summed E-state index contributed by atoms with van der Waals surface area (Å²) in [6, 6.07) is 0. The Kier molecular flexibility index (Phi) is 2.70. The van der Waals surface area contributed by atoms with Gasteiger partial charge in [0.15, 0.2) is 6.29 Å². The van der Waals surface area contributed by atoms with Gasteiger partial charge in [-0.2, -0.15) is 0 Å². The van der Waals surface area contributed by atoms with Crippen LogP contribution in [0, 0.1) is 0 Å². The van der Waals surface area contributed by atoms with E-state index in [4.69, 9.17) is 14.6 Å². The minimum absolute atomic E-state index is 0.336. The zero-order valence-corrected chi connectivity index (χ0v) is 7.10. The molecular formula is C7H14O5. The van der Waals surface area contributed by atoms with Crippen molar-refractivity contribution in [2.75, 3.05) is 13.7 Å². The summed E-state index contributed by atoms with van der Waals surface area (Å²) in [5.41, 5.74) is -1.46. The fourth-order valence-corrected chi connectivity index (χ4v) is 1.32. The zero-order chi connectivity index (χ0) is 9.35. The molecule has 0 aliphatic carbocycles. The lowest BCUT2D eigenvalue weighted by molar-refractivity contribution is -0.186. The Morgan fingerprint density at radius 1 is 1.58 bits per heavy atom. The largest absolute Gasteiger partial charge is 0.394 e. The molecule has 0 aromatic rings. The first-order valence-electron chi connectivity index (χ1n) is 3.73. The average Bonchev–Trinajstić information content (AvgIpc) is 2.25. The van der Waals surface area contributed by atoms with E-state index in [2.05, 4.69) is 0 Å². The molecular weight excluding hydrogens is 164 g/mol. The second kappa shape index (κ2) is 3.27. The van der Waals surface area contributed by atoms with Gasteiger partial charge < -0.3 is 24.8 Å². The van der Waals surface area contributed by atoms with Gasteiger partial charge in [-0.1, -0.05) is 0 Å². The lowest BCUT2D eigenvalue weighted by Crippen LogP contribution is -2.46. The van der Waals surface area contributed by atoms with E-state index in [9.17, 15) is 10.2 Å². The van der Waals surface area contributed by atoms with Crippen molar-refractivity contribution in [2.24, 2.45) is 0 Å². The van der Waals surface area contributed by atoms with Crippen molar-refractivity contribution >= 4 is 0 Å². The molecule has 0 bridgehead atoms. The highest BCUT2D eigenvalue weighted by atomic mass is 16.7. The topological polar surface area (TPSA) is 79.2 Å². The summed E-state index contributed by atoms with van der Waals surface area (Å²) in [6.07, 6.45) is -2.78. The molecule has 0 aromatic carbocycles. The molecule has 1 aliphatic rings. The van der Waals surface area contributed by atoms with Crippen molar-refractivity contribution < 1.29 is 24.8 Å². The Morgan fingerprint density at radius 3 is 2.42 bits per heavy atom. The summed E-state index contributed by atoms with van der Waals surface area (Å²) < 4.78 is 9.80. The lowest BCUT2D eigenvalue weighted by atomic mass is 9.98. The average molecular weight is 178 g/mol. The molecule has 0 spiro atoms. The SMILES string of the molecule is CO[C@@H]1O[C@H](CO)[C@H](O)[C@@]1(C)O. The van der Waals surface area contributed by atoms with Crippen molar-refractivity contribution in [2.45, 2.75) is 31.0 Å². The Bertz CT molecular complexity index is 154. The predicted molar refractivity (Wildman–Crippen MR) is 39.4 cm³/mol. The molecule has 1 rings (SSSR count). The van der Waals surface area contributed by atoms with Gasteiger partial charge in [0.05, 0.1) is 6.61 Å². The minimum Gasteiger partial charge on any atom is -0.394 e. The highest BCUT2D eigenvalue weighted by molar-refractivity contribution is 4.96. The number of hydrogen-bond donors (Lipinski definition) is 3.